The molecule has 1 atom stereocenters. The second-order valence-electron chi connectivity index (χ2n) is 8.70. The molecule has 1 aliphatic heterocycles. The lowest BCUT2D eigenvalue weighted by molar-refractivity contribution is -0.142. The summed E-state index contributed by atoms with van der Waals surface area (Å²) in [4.78, 5) is 30.4. The summed E-state index contributed by atoms with van der Waals surface area (Å²) in [7, 11) is 0. The van der Waals surface area contributed by atoms with E-state index in [2.05, 4.69) is 0 Å². The van der Waals surface area contributed by atoms with E-state index < -0.39 is 11.6 Å². The number of nitrogens with zero attached hydrogens (tertiary/aromatic N) is 2. The molecule has 0 N–H and O–H groups in total. The Kier molecular flexibility index (Phi) is 7.08. The van der Waals surface area contributed by atoms with Gasteiger partial charge in [0.05, 0.1) is 0 Å². The van der Waals surface area contributed by atoms with Crippen LogP contribution in [0, 0.1) is 0 Å². The van der Waals surface area contributed by atoms with Crippen molar-refractivity contribution in [2.75, 3.05) is 6.54 Å². The lowest BCUT2D eigenvalue weighted by atomic mass is 9.96. The average Bonchev–Trinajstić information content (AvgIpc) is 3.26. The van der Waals surface area contributed by atoms with Gasteiger partial charge in [-0.1, -0.05) is 91.0 Å². The molecule has 0 bridgehead atoms. The van der Waals surface area contributed by atoms with Gasteiger partial charge in [-0.2, -0.15) is 0 Å². The van der Waals surface area contributed by atoms with Crippen LogP contribution in [0.1, 0.15) is 36.5 Å². The number of ether oxygens (including phenoxy) is 1. The molecule has 1 heterocycles. The largest absolute Gasteiger partial charge is 0.445 e. The van der Waals surface area contributed by atoms with Gasteiger partial charge in [0.1, 0.15) is 12.1 Å². The monoisotopic (exact) mass is 442 g/mol. The maximum absolute atomic E-state index is 13.9. The van der Waals surface area contributed by atoms with Crippen LogP contribution < -0.4 is 0 Å². The molecule has 5 nitrogen and oxygen atoms in total. The summed E-state index contributed by atoms with van der Waals surface area (Å²) in [6, 6.07) is 29.5. The fourth-order valence-electron chi connectivity index (χ4n) is 4.42. The van der Waals surface area contributed by atoms with Gasteiger partial charge in [0, 0.05) is 19.6 Å². The minimum absolute atomic E-state index is 0.0515. The number of amides is 2. The molecular formula is C28H30N2O3. The highest BCUT2D eigenvalue weighted by Gasteiger charge is 2.48. The van der Waals surface area contributed by atoms with Crippen molar-refractivity contribution in [2.24, 2.45) is 0 Å². The van der Waals surface area contributed by atoms with Crippen LogP contribution in [0.5, 0.6) is 0 Å². The average molecular weight is 443 g/mol. The molecular weight excluding hydrogens is 412 g/mol. The summed E-state index contributed by atoms with van der Waals surface area (Å²) in [6.07, 6.45) is 0.950. The van der Waals surface area contributed by atoms with Crippen molar-refractivity contribution >= 4 is 12.0 Å². The van der Waals surface area contributed by atoms with Crippen LogP contribution in [0.2, 0.25) is 0 Å². The van der Waals surface area contributed by atoms with Crippen LogP contribution in [0.25, 0.3) is 0 Å². The summed E-state index contributed by atoms with van der Waals surface area (Å²) in [5, 5.41) is 0. The molecule has 2 amide bonds. The Hall–Kier alpha value is -3.60. The Balaban J connectivity index is 1.53. The zero-order chi connectivity index (χ0) is 23.1. The standard InChI is InChI=1S/C28H30N2O3/c1-28(18-11-19-30(28)27(32)33-22-25-16-9-4-10-17-25)26(31)29(20-23-12-5-2-6-13-23)21-24-14-7-3-8-15-24/h2-10,12-17H,11,18-22H2,1H3. The van der Waals surface area contributed by atoms with E-state index in [9.17, 15) is 9.59 Å². The highest BCUT2D eigenvalue weighted by atomic mass is 16.6. The maximum atomic E-state index is 13.9. The SMILES string of the molecule is CC1(C(=O)N(Cc2ccccc2)Cc2ccccc2)CCCN1C(=O)OCc1ccccc1. The molecule has 1 fully saturated rings. The predicted molar refractivity (Wildman–Crippen MR) is 128 cm³/mol. The van der Waals surface area contributed by atoms with E-state index in [1.165, 1.54) is 0 Å². The van der Waals surface area contributed by atoms with E-state index in [4.69, 9.17) is 4.74 Å². The van der Waals surface area contributed by atoms with Crippen molar-refractivity contribution in [1.29, 1.82) is 0 Å². The third kappa shape index (κ3) is 5.43. The second-order valence-corrected chi connectivity index (χ2v) is 8.70. The first-order valence-electron chi connectivity index (χ1n) is 11.4. The van der Waals surface area contributed by atoms with Crippen molar-refractivity contribution in [1.82, 2.24) is 9.80 Å². The van der Waals surface area contributed by atoms with Gasteiger partial charge in [-0.25, -0.2) is 4.79 Å². The summed E-state index contributed by atoms with van der Waals surface area (Å²) >= 11 is 0. The van der Waals surface area contributed by atoms with Crippen molar-refractivity contribution < 1.29 is 14.3 Å². The molecule has 4 rings (SSSR count). The number of likely N-dealkylation sites (tertiary alicyclic amines) is 1. The highest BCUT2D eigenvalue weighted by Crippen LogP contribution is 2.33. The predicted octanol–water partition coefficient (Wildman–Crippen LogP) is 5.41. The van der Waals surface area contributed by atoms with Gasteiger partial charge in [0.2, 0.25) is 5.91 Å². The topological polar surface area (TPSA) is 49.9 Å². The molecule has 0 saturated carbocycles. The quantitative estimate of drug-likeness (QED) is 0.492. The van der Waals surface area contributed by atoms with E-state index in [1.54, 1.807) is 4.90 Å². The Bertz CT molecular complexity index is 1010. The van der Waals surface area contributed by atoms with E-state index in [1.807, 2.05) is 103 Å². The van der Waals surface area contributed by atoms with Crippen LogP contribution in [-0.4, -0.2) is 33.9 Å². The van der Waals surface area contributed by atoms with E-state index in [0.717, 1.165) is 23.1 Å². The summed E-state index contributed by atoms with van der Waals surface area (Å²) in [6.45, 7) is 3.54. The minimum atomic E-state index is -0.933. The number of benzene rings is 3. The van der Waals surface area contributed by atoms with Crippen LogP contribution >= 0.6 is 0 Å². The van der Waals surface area contributed by atoms with Crippen LogP contribution in [0.3, 0.4) is 0 Å². The summed E-state index contributed by atoms with van der Waals surface area (Å²) in [5.74, 6) is -0.0515. The van der Waals surface area contributed by atoms with E-state index in [-0.39, 0.29) is 12.5 Å². The smallest absolute Gasteiger partial charge is 0.410 e. The Morgan fingerprint density at radius 3 is 1.82 bits per heavy atom. The lowest BCUT2D eigenvalue weighted by Gasteiger charge is -2.37. The fraction of sp³-hybridized carbons (Fsp3) is 0.286. The van der Waals surface area contributed by atoms with Crippen molar-refractivity contribution in [3.8, 4) is 0 Å². The maximum Gasteiger partial charge on any atom is 0.410 e. The molecule has 0 radical (unpaired) electrons. The molecule has 3 aromatic carbocycles. The lowest BCUT2D eigenvalue weighted by Crippen LogP contribution is -2.56. The third-order valence-electron chi connectivity index (χ3n) is 6.25. The number of rotatable bonds is 7. The molecule has 1 saturated heterocycles. The highest BCUT2D eigenvalue weighted by molar-refractivity contribution is 5.90. The second kappa shape index (κ2) is 10.3. The molecule has 0 aliphatic carbocycles. The molecule has 5 heteroatoms. The molecule has 33 heavy (non-hydrogen) atoms. The Labute approximate surface area is 195 Å². The van der Waals surface area contributed by atoms with Gasteiger partial charge in [0.25, 0.3) is 0 Å². The van der Waals surface area contributed by atoms with Crippen molar-refractivity contribution in [2.45, 2.75) is 45.0 Å². The first-order valence-corrected chi connectivity index (χ1v) is 11.4. The molecule has 170 valence electrons. The van der Waals surface area contributed by atoms with Gasteiger partial charge >= 0.3 is 6.09 Å². The van der Waals surface area contributed by atoms with E-state index >= 15 is 0 Å². The van der Waals surface area contributed by atoms with E-state index in [0.29, 0.717) is 26.1 Å². The van der Waals surface area contributed by atoms with Gasteiger partial charge in [-0.15, -0.1) is 0 Å². The van der Waals surface area contributed by atoms with Gasteiger partial charge in [-0.3, -0.25) is 9.69 Å². The molecule has 0 aromatic heterocycles. The summed E-state index contributed by atoms with van der Waals surface area (Å²) < 4.78 is 5.59. The molecule has 0 spiro atoms. The number of hydrogen-bond donors (Lipinski definition) is 0. The van der Waals surface area contributed by atoms with Gasteiger partial charge < -0.3 is 9.64 Å². The first kappa shape index (κ1) is 22.6. The summed E-state index contributed by atoms with van der Waals surface area (Å²) in [5.41, 5.74) is 2.10. The zero-order valence-corrected chi connectivity index (χ0v) is 19.0. The van der Waals surface area contributed by atoms with Crippen LogP contribution in [0.4, 0.5) is 4.79 Å². The van der Waals surface area contributed by atoms with Gasteiger partial charge in [0.15, 0.2) is 0 Å². The van der Waals surface area contributed by atoms with Gasteiger partial charge in [-0.05, 0) is 36.5 Å². The third-order valence-corrected chi connectivity index (χ3v) is 6.25. The Morgan fingerprint density at radius 1 is 0.818 bits per heavy atom. The molecule has 1 aliphatic rings. The first-order chi connectivity index (χ1) is 16.1. The Morgan fingerprint density at radius 2 is 1.30 bits per heavy atom. The van der Waals surface area contributed by atoms with Crippen LogP contribution in [0.15, 0.2) is 91.0 Å². The number of carbonyl (C=O) groups is 2. The molecule has 3 aromatic rings. The minimum Gasteiger partial charge on any atom is -0.445 e. The van der Waals surface area contributed by atoms with Crippen molar-refractivity contribution in [3.63, 3.8) is 0 Å². The normalized spacial score (nSPS) is 17.5. The zero-order valence-electron chi connectivity index (χ0n) is 19.0. The van der Waals surface area contributed by atoms with Crippen LogP contribution in [-0.2, 0) is 29.2 Å². The number of carbonyl (C=O) groups excluding carboxylic acids is 2. The number of hydrogen-bond acceptors (Lipinski definition) is 3. The van der Waals surface area contributed by atoms with Crippen molar-refractivity contribution in [3.05, 3.63) is 108 Å². The fourth-order valence-corrected chi connectivity index (χ4v) is 4.42. The molecule has 1 unspecified atom stereocenters.